The smallest absolute Gasteiger partial charge is 0.338 e. The highest BCUT2D eigenvalue weighted by Crippen LogP contribution is 2.20. The first-order valence-electron chi connectivity index (χ1n) is 8.63. The molecule has 1 amide bonds. The molecule has 0 aliphatic heterocycles. The summed E-state index contributed by atoms with van der Waals surface area (Å²) in [6.07, 6.45) is 2.73. The van der Waals surface area contributed by atoms with Gasteiger partial charge in [-0.2, -0.15) is 5.10 Å². The standard InChI is InChI=1S/C20H19N3O5S/c1-14-11-12-21-23(14)16-9-7-15(8-10-16)20(25)28-13-19(24)22-17-5-3-4-6-18(17)29(2,26)27/h3-12H,13H2,1-2H3,(H,22,24). The van der Waals surface area contributed by atoms with Gasteiger partial charge in [0.15, 0.2) is 16.4 Å². The van der Waals surface area contributed by atoms with E-state index < -0.39 is 28.3 Å². The van der Waals surface area contributed by atoms with E-state index in [1.54, 1.807) is 47.3 Å². The average Bonchev–Trinajstić information content (AvgIpc) is 3.12. The van der Waals surface area contributed by atoms with E-state index >= 15 is 0 Å². The Morgan fingerprint density at radius 2 is 1.76 bits per heavy atom. The summed E-state index contributed by atoms with van der Waals surface area (Å²) in [7, 11) is -3.51. The maximum Gasteiger partial charge on any atom is 0.338 e. The predicted molar refractivity (Wildman–Crippen MR) is 107 cm³/mol. The summed E-state index contributed by atoms with van der Waals surface area (Å²) < 4.78 is 30.3. The number of anilines is 1. The molecule has 0 fully saturated rings. The number of esters is 1. The van der Waals surface area contributed by atoms with Crippen molar-refractivity contribution < 1.29 is 22.7 Å². The number of aryl methyl sites for hydroxylation is 1. The summed E-state index contributed by atoms with van der Waals surface area (Å²) >= 11 is 0. The molecule has 0 unspecified atom stereocenters. The zero-order valence-electron chi connectivity index (χ0n) is 15.8. The molecule has 8 nitrogen and oxygen atoms in total. The summed E-state index contributed by atoms with van der Waals surface area (Å²) in [5, 5.41) is 6.64. The summed E-state index contributed by atoms with van der Waals surface area (Å²) in [6, 6.07) is 14.5. The molecule has 0 bridgehead atoms. The molecule has 0 spiro atoms. The van der Waals surface area contributed by atoms with Crippen molar-refractivity contribution >= 4 is 27.4 Å². The van der Waals surface area contributed by atoms with Crippen LogP contribution in [0.3, 0.4) is 0 Å². The number of hydrogen-bond acceptors (Lipinski definition) is 6. The topological polar surface area (TPSA) is 107 Å². The van der Waals surface area contributed by atoms with Gasteiger partial charge in [0.25, 0.3) is 5.91 Å². The Kier molecular flexibility index (Phi) is 5.79. The molecule has 0 saturated carbocycles. The molecule has 0 aliphatic rings. The van der Waals surface area contributed by atoms with Gasteiger partial charge in [-0.15, -0.1) is 0 Å². The quantitative estimate of drug-likeness (QED) is 0.622. The van der Waals surface area contributed by atoms with Crippen LogP contribution in [-0.4, -0.2) is 42.9 Å². The van der Waals surface area contributed by atoms with Gasteiger partial charge in [-0.05, 0) is 49.4 Å². The van der Waals surface area contributed by atoms with Crippen LogP contribution in [0.15, 0.2) is 65.7 Å². The molecule has 0 saturated heterocycles. The second-order valence-corrected chi connectivity index (χ2v) is 8.31. The lowest BCUT2D eigenvalue weighted by Gasteiger charge is -2.10. The van der Waals surface area contributed by atoms with Crippen LogP contribution in [-0.2, 0) is 19.4 Å². The van der Waals surface area contributed by atoms with Crippen LogP contribution >= 0.6 is 0 Å². The second kappa shape index (κ2) is 8.27. The van der Waals surface area contributed by atoms with E-state index in [0.717, 1.165) is 17.6 Å². The van der Waals surface area contributed by atoms with Crippen LogP contribution < -0.4 is 5.32 Å². The van der Waals surface area contributed by atoms with Gasteiger partial charge in [0.1, 0.15) is 0 Å². The molecule has 1 heterocycles. The molecule has 29 heavy (non-hydrogen) atoms. The first-order chi connectivity index (χ1) is 13.8. The molecule has 3 aromatic rings. The van der Waals surface area contributed by atoms with Crippen LogP contribution in [0.1, 0.15) is 16.1 Å². The first kappa shape index (κ1) is 20.3. The SMILES string of the molecule is Cc1ccnn1-c1ccc(C(=O)OCC(=O)Nc2ccccc2S(C)(=O)=O)cc1. The molecule has 3 rings (SSSR count). The fourth-order valence-corrected chi connectivity index (χ4v) is 3.52. The normalized spacial score (nSPS) is 11.1. The van der Waals surface area contributed by atoms with Gasteiger partial charge in [0.2, 0.25) is 0 Å². The molecule has 0 aliphatic carbocycles. The minimum Gasteiger partial charge on any atom is -0.452 e. The van der Waals surface area contributed by atoms with Gasteiger partial charge in [-0.1, -0.05) is 12.1 Å². The fraction of sp³-hybridized carbons (Fsp3) is 0.150. The monoisotopic (exact) mass is 413 g/mol. The van der Waals surface area contributed by atoms with Gasteiger partial charge in [-0.25, -0.2) is 17.9 Å². The lowest BCUT2D eigenvalue weighted by molar-refractivity contribution is -0.119. The van der Waals surface area contributed by atoms with Crippen molar-refractivity contribution in [1.82, 2.24) is 9.78 Å². The first-order valence-corrected chi connectivity index (χ1v) is 10.5. The van der Waals surface area contributed by atoms with Gasteiger partial charge in [0, 0.05) is 18.1 Å². The fourth-order valence-electron chi connectivity index (χ4n) is 2.67. The Morgan fingerprint density at radius 1 is 1.07 bits per heavy atom. The number of nitrogens with zero attached hydrogens (tertiary/aromatic N) is 2. The van der Waals surface area contributed by atoms with Crippen molar-refractivity contribution in [1.29, 1.82) is 0 Å². The van der Waals surface area contributed by atoms with E-state index in [4.69, 9.17) is 4.74 Å². The van der Waals surface area contributed by atoms with Crippen molar-refractivity contribution in [2.45, 2.75) is 11.8 Å². The highest BCUT2D eigenvalue weighted by Gasteiger charge is 2.16. The number of amides is 1. The number of hydrogen-bond donors (Lipinski definition) is 1. The molecule has 0 radical (unpaired) electrons. The van der Waals surface area contributed by atoms with Gasteiger partial charge in [0.05, 0.1) is 21.8 Å². The van der Waals surface area contributed by atoms with E-state index in [0.29, 0.717) is 0 Å². The molecule has 150 valence electrons. The Bertz CT molecular complexity index is 1150. The zero-order valence-corrected chi connectivity index (χ0v) is 16.6. The van der Waals surface area contributed by atoms with E-state index in [-0.39, 0.29) is 16.1 Å². The van der Waals surface area contributed by atoms with Gasteiger partial charge in [-0.3, -0.25) is 4.79 Å². The highest BCUT2D eigenvalue weighted by molar-refractivity contribution is 7.90. The van der Waals surface area contributed by atoms with Gasteiger partial charge < -0.3 is 10.1 Å². The van der Waals surface area contributed by atoms with Crippen LogP contribution in [0, 0.1) is 6.92 Å². The third-order valence-corrected chi connectivity index (χ3v) is 5.23. The maximum absolute atomic E-state index is 12.2. The molecular weight excluding hydrogens is 394 g/mol. The highest BCUT2D eigenvalue weighted by atomic mass is 32.2. The van der Waals surface area contributed by atoms with Crippen LogP contribution in [0.5, 0.6) is 0 Å². The molecule has 1 N–H and O–H groups in total. The van der Waals surface area contributed by atoms with E-state index in [1.807, 2.05) is 13.0 Å². The third-order valence-electron chi connectivity index (χ3n) is 4.07. The Labute approximate surface area is 168 Å². The number of ether oxygens (including phenoxy) is 1. The second-order valence-electron chi connectivity index (χ2n) is 6.32. The molecule has 1 aromatic heterocycles. The minimum atomic E-state index is -3.51. The van der Waals surface area contributed by atoms with E-state index in [9.17, 15) is 18.0 Å². The van der Waals surface area contributed by atoms with Crippen LogP contribution in [0.25, 0.3) is 5.69 Å². The largest absolute Gasteiger partial charge is 0.452 e. The van der Waals surface area contributed by atoms with Crippen molar-refractivity contribution in [3.63, 3.8) is 0 Å². The lowest BCUT2D eigenvalue weighted by atomic mass is 10.2. The van der Waals surface area contributed by atoms with Crippen LogP contribution in [0.4, 0.5) is 5.69 Å². The Morgan fingerprint density at radius 3 is 2.38 bits per heavy atom. The molecule has 0 atom stereocenters. The number of para-hydroxylation sites is 1. The summed E-state index contributed by atoms with van der Waals surface area (Å²) in [5.41, 5.74) is 2.16. The Hall–Kier alpha value is -3.46. The Balaban J connectivity index is 1.61. The summed E-state index contributed by atoms with van der Waals surface area (Å²) in [6.45, 7) is 1.37. The maximum atomic E-state index is 12.2. The van der Waals surface area contributed by atoms with Crippen LogP contribution in [0.2, 0.25) is 0 Å². The number of benzene rings is 2. The molecule has 9 heteroatoms. The summed E-state index contributed by atoms with van der Waals surface area (Å²) in [5.74, 6) is -1.31. The van der Waals surface area contributed by atoms with Gasteiger partial charge >= 0.3 is 5.97 Å². The van der Waals surface area contributed by atoms with Crippen molar-refractivity contribution in [2.75, 3.05) is 18.2 Å². The summed E-state index contributed by atoms with van der Waals surface area (Å²) in [4.78, 5) is 24.2. The van der Waals surface area contributed by atoms with Crippen molar-refractivity contribution in [3.8, 4) is 5.69 Å². The number of rotatable bonds is 6. The third kappa shape index (κ3) is 4.88. The molecular formula is C20H19N3O5S. The predicted octanol–water partition coefficient (Wildman–Crippen LogP) is 2.38. The number of carbonyl (C=O) groups excluding carboxylic acids is 2. The van der Waals surface area contributed by atoms with E-state index in [2.05, 4.69) is 10.4 Å². The zero-order chi connectivity index (χ0) is 21.0. The number of sulfone groups is 1. The number of carbonyl (C=O) groups is 2. The van der Waals surface area contributed by atoms with Crippen molar-refractivity contribution in [3.05, 3.63) is 72.1 Å². The van der Waals surface area contributed by atoms with E-state index in [1.165, 1.54) is 12.1 Å². The number of nitrogens with one attached hydrogen (secondary N) is 1. The van der Waals surface area contributed by atoms with Crippen molar-refractivity contribution in [2.24, 2.45) is 0 Å². The average molecular weight is 413 g/mol. The minimum absolute atomic E-state index is 0.0100. The number of aromatic nitrogens is 2. The molecule has 2 aromatic carbocycles. The lowest BCUT2D eigenvalue weighted by Crippen LogP contribution is -2.22.